The maximum atomic E-state index is 13.2. The first kappa shape index (κ1) is 19.9. The van der Waals surface area contributed by atoms with Gasteiger partial charge in [0.05, 0.1) is 12.0 Å². The van der Waals surface area contributed by atoms with E-state index in [0.717, 1.165) is 51.9 Å². The maximum Gasteiger partial charge on any atom is 0.236 e. The first-order valence-electron chi connectivity index (χ1n) is 10.2. The molecule has 0 N–H and O–H groups in total. The third-order valence-corrected chi connectivity index (χ3v) is 6.30. The molecular formula is C22H33N3O2. The second-order valence-corrected chi connectivity index (χ2v) is 8.47. The molecule has 2 saturated heterocycles. The van der Waals surface area contributed by atoms with E-state index in [1.165, 1.54) is 5.56 Å². The normalized spacial score (nSPS) is 23.4. The molecule has 2 aliphatic heterocycles. The zero-order valence-electron chi connectivity index (χ0n) is 17.0. The van der Waals surface area contributed by atoms with Crippen LogP contribution in [-0.4, -0.2) is 72.3 Å². The largest absolute Gasteiger partial charge is 0.342 e. The van der Waals surface area contributed by atoms with Crippen molar-refractivity contribution in [3.8, 4) is 0 Å². The summed E-state index contributed by atoms with van der Waals surface area (Å²) in [5, 5.41) is 0. The number of rotatable bonds is 6. The summed E-state index contributed by atoms with van der Waals surface area (Å²) < 4.78 is 0. The molecule has 1 unspecified atom stereocenters. The van der Waals surface area contributed by atoms with Crippen LogP contribution in [-0.2, 0) is 16.0 Å². The minimum atomic E-state index is -0.272. The van der Waals surface area contributed by atoms with Gasteiger partial charge in [0.2, 0.25) is 11.8 Å². The maximum absolute atomic E-state index is 13.2. The lowest BCUT2D eigenvalue weighted by Gasteiger charge is -2.39. The minimum Gasteiger partial charge on any atom is -0.342 e. The Morgan fingerprint density at radius 1 is 1.19 bits per heavy atom. The number of carbonyl (C=O) groups excluding carboxylic acids is 2. The van der Waals surface area contributed by atoms with Crippen LogP contribution in [0.5, 0.6) is 0 Å². The molecule has 5 heteroatoms. The highest BCUT2D eigenvalue weighted by Gasteiger charge is 2.48. The lowest BCUT2D eigenvalue weighted by atomic mass is 9.78. The summed E-state index contributed by atoms with van der Waals surface area (Å²) in [7, 11) is 1.86. The number of likely N-dealkylation sites (N-methyl/N-ethyl adjacent to an activating group) is 1. The topological polar surface area (TPSA) is 43.9 Å². The number of likely N-dealkylation sites (tertiary alicyclic amines) is 2. The fourth-order valence-electron chi connectivity index (χ4n) is 4.34. The lowest BCUT2D eigenvalue weighted by Crippen LogP contribution is -2.51. The quantitative estimate of drug-likeness (QED) is 0.771. The third kappa shape index (κ3) is 4.52. The number of hydrogen-bond acceptors (Lipinski definition) is 3. The molecule has 148 valence electrons. The van der Waals surface area contributed by atoms with Gasteiger partial charge in [-0.1, -0.05) is 30.3 Å². The van der Waals surface area contributed by atoms with Crippen molar-refractivity contribution >= 4 is 11.8 Å². The van der Waals surface area contributed by atoms with Crippen molar-refractivity contribution in [2.24, 2.45) is 5.41 Å². The molecule has 3 rings (SSSR count). The molecule has 5 nitrogen and oxygen atoms in total. The van der Waals surface area contributed by atoms with E-state index in [1.54, 1.807) is 4.90 Å². The molecule has 0 aliphatic carbocycles. The Labute approximate surface area is 163 Å². The van der Waals surface area contributed by atoms with Crippen molar-refractivity contribution < 1.29 is 9.59 Å². The van der Waals surface area contributed by atoms with Crippen LogP contribution in [0.15, 0.2) is 30.3 Å². The van der Waals surface area contributed by atoms with Crippen molar-refractivity contribution in [3.05, 3.63) is 35.9 Å². The zero-order valence-corrected chi connectivity index (χ0v) is 17.0. The predicted octanol–water partition coefficient (Wildman–Crippen LogP) is 2.41. The predicted molar refractivity (Wildman–Crippen MR) is 107 cm³/mol. The molecule has 1 atom stereocenters. The number of amides is 2. The molecule has 0 radical (unpaired) electrons. The van der Waals surface area contributed by atoms with Crippen LogP contribution in [0.25, 0.3) is 0 Å². The molecule has 2 aliphatic rings. The van der Waals surface area contributed by atoms with E-state index in [0.29, 0.717) is 12.5 Å². The first-order chi connectivity index (χ1) is 12.9. The molecule has 1 aromatic rings. The van der Waals surface area contributed by atoms with Crippen molar-refractivity contribution in [1.29, 1.82) is 0 Å². The van der Waals surface area contributed by atoms with Gasteiger partial charge < -0.3 is 9.80 Å². The van der Waals surface area contributed by atoms with Gasteiger partial charge in [0, 0.05) is 32.7 Å². The Kier molecular flexibility index (Phi) is 6.20. The van der Waals surface area contributed by atoms with Gasteiger partial charge in [-0.25, -0.2) is 0 Å². The summed E-state index contributed by atoms with van der Waals surface area (Å²) >= 11 is 0. The van der Waals surface area contributed by atoms with Crippen LogP contribution < -0.4 is 0 Å². The van der Waals surface area contributed by atoms with Gasteiger partial charge in [-0.15, -0.1) is 0 Å². The summed E-state index contributed by atoms with van der Waals surface area (Å²) in [4.78, 5) is 31.7. The fraction of sp³-hybridized carbons (Fsp3) is 0.636. The van der Waals surface area contributed by atoms with E-state index in [1.807, 2.05) is 27.0 Å². The summed E-state index contributed by atoms with van der Waals surface area (Å²) in [6.45, 7) is 7.70. The molecule has 2 amide bonds. The summed E-state index contributed by atoms with van der Waals surface area (Å²) in [5.41, 5.74) is 1.01. The highest BCUT2D eigenvalue weighted by Crippen LogP contribution is 2.40. The van der Waals surface area contributed by atoms with Crippen molar-refractivity contribution in [2.75, 3.05) is 39.8 Å². The Morgan fingerprint density at radius 2 is 1.93 bits per heavy atom. The van der Waals surface area contributed by atoms with Gasteiger partial charge in [0.25, 0.3) is 0 Å². The van der Waals surface area contributed by atoms with Crippen molar-refractivity contribution in [2.45, 2.75) is 45.6 Å². The van der Waals surface area contributed by atoms with Crippen molar-refractivity contribution in [1.82, 2.24) is 14.7 Å². The number of hydrogen-bond donors (Lipinski definition) is 0. The highest BCUT2D eigenvalue weighted by atomic mass is 16.2. The smallest absolute Gasteiger partial charge is 0.236 e. The van der Waals surface area contributed by atoms with Crippen molar-refractivity contribution in [3.63, 3.8) is 0 Å². The molecule has 1 aromatic carbocycles. The average molecular weight is 372 g/mol. The van der Waals surface area contributed by atoms with E-state index in [2.05, 4.69) is 34.1 Å². The monoisotopic (exact) mass is 371 g/mol. The minimum absolute atomic E-state index is 0.145. The Hall–Kier alpha value is -1.88. The zero-order chi connectivity index (χ0) is 19.4. The Bertz CT molecular complexity index is 661. The molecule has 0 aromatic heterocycles. The molecular weight excluding hydrogens is 338 g/mol. The van der Waals surface area contributed by atoms with E-state index in [9.17, 15) is 9.59 Å². The molecule has 2 heterocycles. The van der Waals surface area contributed by atoms with Crippen LogP contribution in [0.1, 0.15) is 38.7 Å². The van der Waals surface area contributed by atoms with Gasteiger partial charge in [-0.2, -0.15) is 0 Å². The first-order valence-corrected chi connectivity index (χ1v) is 10.2. The number of piperidine rings is 1. The second-order valence-electron chi connectivity index (χ2n) is 8.47. The molecule has 0 saturated carbocycles. The van der Waals surface area contributed by atoms with Gasteiger partial charge in [-0.3, -0.25) is 14.5 Å². The summed E-state index contributed by atoms with van der Waals surface area (Å²) in [6, 6.07) is 10.6. The van der Waals surface area contributed by atoms with E-state index in [-0.39, 0.29) is 17.4 Å². The highest BCUT2D eigenvalue weighted by molar-refractivity contribution is 5.84. The second kappa shape index (κ2) is 8.42. The average Bonchev–Trinajstić information content (AvgIpc) is 3.06. The van der Waals surface area contributed by atoms with Crippen LogP contribution in [0.2, 0.25) is 0 Å². The fourth-order valence-corrected chi connectivity index (χ4v) is 4.34. The summed E-state index contributed by atoms with van der Waals surface area (Å²) in [6.07, 6.45) is 3.81. The van der Waals surface area contributed by atoms with Crippen LogP contribution >= 0.6 is 0 Å². The Morgan fingerprint density at radius 3 is 2.63 bits per heavy atom. The van der Waals surface area contributed by atoms with E-state index < -0.39 is 0 Å². The number of nitrogens with zero attached hydrogens (tertiary/aromatic N) is 3. The van der Waals surface area contributed by atoms with Crippen LogP contribution in [0, 0.1) is 5.41 Å². The van der Waals surface area contributed by atoms with Gasteiger partial charge >= 0.3 is 0 Å². The lowest BCUT2D eigenvalue weighted by molar-refractivity contribution is -0.146. The van der Waals surface area contributed by atoms with Gasteiger partial charge in [-0.05, 0) is 51.6 Å². The summed E-state index contributed by atoms with van der Waals surface area (Å²) in [5.74, 6) is 0.447. The van der Waals surface area contributed by atoms with Crippen LogP contribution in [0.3, 0.4) is 0 Å². The molecule has 2 fully saturated rings. The third-order valence-electron chi connectivity index (χ3n) is 6.30. The molecule has 0 bridgehead atoms. The van der Waals surface area contributed by atoms with E-state index >= 15 is 0 Å². The Balaban J connectivity index is 1.57. The van der Waals surface area contributed by atoms with Gasteiger partial charge in [0.15, 0.2) is 0 Å². The van der Waals surface area contributed by atoms with E-state index in [4.69, 9.17) is 0 Å². The molecule has 27 heavy (non-hydrogen) atoms. The molecule has 1 spiro atoms. The standard InChI is InChI=1S/C22H33N3O2/c1-18(2)23(3)20(26)16-24-15-12-22(17-24)11-7-13-25(21(22)27)14-10-19-8-5-4-6-9-19/h4-6,8-9,18H,7,10-17H2,1-3H3. The number of benzene rings is 1. The SMILES string of the molecule is CC(C)N(C)C(=O)CN1CCC2(CCCN(CCc3ccccc3)C2=O)C1. The number of carbonyl (C=O) groups is 2. The van der Waals surface area contributed by atoms with Crippen LogP contribution in [0.4, 0.5) is 0 Å². The van der Waals surface area contributed by atoms with Gasteiger partial charge in [0.1, 0.15) is 0 Å².